The van der Waals surface area contributed by atoms with E-state index in [1.54, 1.807) is 12.3 Å². The number of nitrogens with zero attached hydrogens (tertiary/aromatic N) is 3. The number of pyridine rings is 2. The Hall–Kier alpha value is -4.01. The first-order chi connectivity index (χ1) is 14.6. The van der Waals surface area contributed by atoms with Crippen LogP contribution in [0, 0.1) is 12.3 Å². The number of nitrogens with one attached hydrogen (secondary N) is 1. The fraction of sp³-hybridized carbons (Fsp3) is 0. The number of halogens is 1. The molecule has 0 amide bonds. The number of terminal acetylenes is 1. The van der Waals surface area contributed by atoms with Crippen molar-refractivity contribution in [1.82, 2.24) is 19.9 Å². The van der Waals surface area contributed by atoms with Crippen molar-refractivity contribution in [3.8, 4) is 34.9 Å². The van der Waals surface area contributed by atoms with Gasteiger partial charge in [-0.25, -0.2) is 9.97 Å². The van der Waals surface area contributed by atoms with Crippen LogP contribution < -0.4 is 5.43 Å². The Morgan fingerprint density at radius 1 is 0.900 bits per heavy atom. The molecule has 0 spiro atoms. The maximum absolute atomic E-state index is 12.6. The highest BCUT2D eigenvalue weighted by Gasteiger charge is 2.17. The Bertz CT molecular complexity index is 1540. The summed E-state index contributed by atoms with van der Waals surface area (Å²) in [6.07, 6.45) is 7.16. The van der Waals surface area contributed by atoms with Crippen LogP contribution in [-0.2, 0) is 0 Å². The summed E-state index contributed by atoms with van der Waals surface area (Å²) in [5.74, 6) is 2.45. The minimum atomic E-state index is -0.293. The van der Waals surface area contributed by atoms with E-state index in [0.29, 0.717) is 33.3 Å². The number of benzene rings is 2. The summed E-state index contributed by atoms with van der Waals surface area (Å²) in [6.45, 7) is 0. The maximum Gasteiger partial charge on any atom is 0.210 e. The minimum absolute atomic E-state index is 0.214. The molecule has 5 aromatic rings. The highest BCUT2D eigenvalue weighted by atomic mass is 35.5. The van der Waals surface area contributed by atoms with E-state index < -0.39 is 0 Å². The van der Waals surface area contributed by atoms with Gasteiger partial charge in [-0.05, 0) is 18.2 Å². The summed E-state index contributed by atoms with van der Waals surface area (Å²) in [5, 5.41) is 1.37. The van der Waals surface area contributed by atoms with Crippen molar-refractivity contribution in [3.05, 3.63) is 87.8 Å². The van der Waals surface area contributed by atoms with Crippen LogP contribution in [0.25, 0.3) is 44.6 Å². The fourth-order valence-electron chi connectivity index (χ4n) is 3.42. The first-order valence-corrected chi connectivity index (χ1v) is 9.53. The molecule has 3 heterocycles. The number of aromatic nitrogens is 4. The van der Waals surface area contributed by atoms with E-state index in [-0.39, 0.29) is 10.9 Å². The summed E-state index contributed by atoms with van der Waals surface area (Å²) >= 11 is 6.50. The molecule has 0 saturated heterocycles. The molecule has 0 aliphatic carbocycles. The molecule has 0 fully saturated rings. The zero-order valence-corrected chi connectivity index (χ0v) is 16.3. The molecule has 2 aromatic carbocycles. The molecule has 0 unspecified atom stereocenters. The summed E-state index contributed by atoms with van der Waals surface area (Å²) in [6, 6.07) is 18.5. The van der Waals surface area contributed by atoms with E-state index in [4.69, 9.17) is 28.0 Å². The van der Waals surface area contributed by atoms with Crippen LogP contribution in [0.4, 0.5) is 0 Å². The molecule has 0 bridgehead atoms. The Balaban J connectivity index is 1.88. The third-order valence-electron chi connectivity index (χ3n) is 4.79. The fourth-order valence-corrected chi connectivity index (χ4v) is 3.69. The van der Waals surface area contributed by atoms with Crippen LogP contribution in [0.2, 0.25) is 5.02 Å². The molecule has 0 atom stereocenters. The standard InChI is InChI=1S/C24H13ClN4O/c1-2-17-13-19(30)23-24(27-17)29-21(14-7-4-3-5-8-14)22(28-23)16-11-15-9-6-10-26-20(15)18(25)12-16/h1,3-13H,(H,27,29,30). The van der Waals surface area contributed by atoms with Crippen molar-refractivity contribution in [3.63, 3.8) is 0 Å². The van der Waals surface area contributed by atoms with Crippen LogP contribution >= 0.6 is 11.6 Å². The Morgan fingerprint density at radius 3 is 2.50 bits per heavy atom. The number of fused-ring (bicyclic) bond motifs is 2. The molecule has 1 N–H and O–H groups in total. The third kappa shape index (κ3) is 3.00. The lowest BCUT2D eigenvalue weighted by molar-refractivity contribution is 1.20. The van der Waals surface area contributed by atoms with Gasteiger partial charge in [-0.15, -0.1) is 6.42 Å². The lowest BCUT2D eigenvalue weighted by Crippen LogP contribution is -2.09. The third-order valence-corrected chi connectivity index (χ3v) is 5.08. The van der Waals surface area contributed by atoms with Gasteiger partial charge in [0.05, 0.1) is 27.6 Å². The lowest BCUT2D eigenvalue weighted by atomic mass is 10.0. The first-order valence-electron chi connectivity index (χ1n) is 9.16. The largest absolute Gasteiger partial charge is 0.331 e. The molecule has 0 radical (unpaired) electrons. The van der Waals surface area contributed by atoms with Crippen molar-refractivity contribution in [2.75, 3.05) is 0 Å². The molecule has 142 valence electrons. The van der Waals surface area contributed by atoms with Gasteiger partial charge in [0.15, 0.2) is 11.2 Å². The van der Waals surface area contributed by atoms with Gasteiger partial charge < -0.3 is 4.98 Å². The van der Waals surface area contributed by atoms with E-state index in [0.717, 1.165) is 16.5 Å². The van der Waals surface area contributed by atoms with E-state index in [1.165, 1.54) is 6.07 Å². The number of rotatable bonds is 2. The van der Waals surface area contributed by atoms with E-state index >= 15 is 0 Å². The molecule has 6 heteroatoms. The molecule has 0 saturated carbocycles. The summed E-state index contributed by atoms with van der Waals surface area (Å²) in [5.41, 5.74) is 4.09. The molecule has 0 aliphatic rings. The molecule has 3 aromatic heterocycles. The van der Waals surface area contributed by atoms with Crippen LogP contribution in [0.3, 0.4) is 0 Å². The highest BCUT2D eigenvalue weighted by Crippen LogP contribution is 2.34. The first kappa shape index (κ1) is 18.0. The quantitative estimate of drug-likeness (QED) is 0.424. The zero-order chi connectivity index (χ0) is 20.7. The highest BCUT2D eigenvalue weighted by molar-refractivity contribution is 6.35. The SMILES string of the molecule is C#Cc1cc(=O)c2nc(-c3cc(Cl)c4ncccc4c3)c(-c3ccccc3)nc2[nH]1. The summed E-state index contributed by atoms with van der Waals surface area (Å²) in [7, 11) is 0. The second-order valence-corrected chi connectivity index (χ2v) is 7.12. The van der Waals surface area contributed by atoms with Crippen molar-refractivity contribution in [2.45, 2.75) is 0 Å². The number of H-pyrrole nitrogens is 1. The van der Waals surface area contributed by atoms with Gasteiger partial charge in [-0.1, -0.05) is 53.9 Å². The topological polar surface area (TPSA) is 71.5 Å². The van der Waals surface area contributed by atoms with Gasteiger partial charge in [0.1, 0.15) is 0 Å². The van der Waals surface area contributed by atoms with Crippen molar-refractivity contribution in [2.24, 2.45) is 0 Å². The van der Waals surface area contributed by atoms with Gasteiger partial charge in [0, 0.05) is 28.8 Å². The van der Waals surface area contributed by atoms with Crippen LogP contribution in [0.15, 0.2) is 71.7 Å². The minimum Gasteiger partial charge on any atom is -0.331 e. The molecule has 5 rings (SSSR count). The van der Waals surface area contributed by atoms with E-state index in [9.17, 15) is 4.79 Å². The van der Waals surface area contributed by atoms with Gasteiger partial charge in [0.2, 0.25) is 5.43 Å². The Labute approximate surface area is 176 Å². The van der Waals surface area contributed by atoms with E-state index in [1.807, 2.05) is 48.5 Å². The Kier molecular flexibility index (Phi) is 4.27. The lowest BCUT2D eigenvalue weighted by Gasteiger charge is -2.12. The number of hydrogen-bond acceptors (Lipinski definition) is 4. The number of hydrogen-bond donors (Lipinski definition) is 1. The van der Waals surface area contributed by atoms with Crippen LogP contribution in [0.1, 0.15) is 5.69 Å². The molecule has 30 heavy (non-hydrogen) atoms. The maximum atomic E-state index is 12.6. The van der Waals surface area contributed by atoms with Gasteiger partial charge >= 0.3 is 0 Å². The predicted octanol–water partition coefficient (Wildman–Crippen LogP) is 4.84. The smallest absolute Gasteiger partial charge is 0.210 e. The second kappa shape index (κ2) is 7.11. The van der Waals surface area contributed by atoms with Crippen molar-refractivity contribution >= 4 is 33.7 Å². The zero-order valence-electron chi connectivity index (χ0n) is 15.6. The van der Waals surface area contributed by atoms with Crippen molar-refractivity contribution < 1.29 is 0 Å². The van der Waals surface area contributed by atoms with Gasteiger partial charge in [-0.2, -0.15) is 0 Å². The normalized spacial score (nSPS) is 10.9. The predicted molar refractivity (Wildman–Crippen MR) is 119 cm³/mol. The average molecular weight is 409 g/mol. The van der Waals surface area contributed by atoms with Gasteiger partial charge in [0.25, 0.3) is 0 Å². The molecule has 0 aliphatic heterocycles. The second-order valence-electron chi connectivity index (χ2n) is 6.71. The van der Waals surface area contributed by atoms with E-state index in [2.05, 4.69) is 15.9 Å². The van der Waals surface area contributed by atoms with Gasteiger partial charge in [-0.3, -0.25) is 9.78 Å². The summed E-state index contributed by atoms with van der Waals surface area (Å²) < 4.78 is 0. The van der Waals surface area contributed by atoms with Crippen LogP contribution in [-0.4, -0.2) is 19.9 Å². The van der Waals surface area contributed by atoms with Crippen LogP contribution in [0.5, 0.6) is 0 Å². The monoisotopic (exact) mass is 408 g/mol. The number of aromatic amines is 1. The molecular weight excluding hydrogens is 396 g/mol. The summed E-state index contributed by atoms with van der Waals surface area (Å²) in [4.78, 5) is 29.4. The Morgan fingerprint density at radius 2 is 1.70 bits per heavy atom. The average Bonchev–Trinajstić information content (AvgIpc) is 2.78. The molecule has 5 nitrogen and oxygen atoms in total. The van der Waals surface area contributed by atoms with Crippen molar-refractivity contribution in [1.29, 1.82) is 0 Å². The molecular formula is C24H13ClN4O.